The second-order valence-electron chi connectivity index (χ2n) is 7.74. The van der Waals surface area contributed by atoms with Crippen LogP contribution in [0.2, 0.25) is 0 Å². The Hall–Kier alpha value is -2.15. The number of H-pyrrole nitrogens is 1. The minimum absolute atomic E-state index is 0.349. The first-order valence-electron chi connectivity index (χ1n) is 9.83. The summed E-state index contributed by atoms with van der Waals surface area (Å²) < 4.78 is 0. The Kier molecular flexibility index (Phi) is 5.06. The van der Waals surface area contributed by atoms with E-state index in [2.05, 4.69) is 43.5 Å². The molecular formula is C19H29N7. The first-order chi connectivity index (χ1) is 12.7. The van der Waals surface area contributed by atoms with Crippen molar-refractivity contribution < 1.29 is 0 Å². The summed E-state index contributed by atoms with van der Waals surface area (Å²) in [6, 6.07) is 4.81. The van der Waals surface area contributed by atoms with Gasteiger partial charge in [0.15, 0.2) is 5.82 Å². The highest BCUT2D eigenvalue weighted by atomic mass is 15.3. The summed E-state index contributed by atoms with van der Waals surface area (Å²) >= 11 is 0. The summed E-state index contributed by atoms with van der Waals surface area (Å²) in [5.74, 6) is 2.98. The Morgan fingerprint density at radius 2 is 1.88 bits per heavy atom. The second-order valence-corrected chi connectivity index (χ2v) is 7.74. The molecule has 2 aliphatic rings. The molecule has 2 saturated carbocycles. The Labute approximate surface area is 154 Å². The molecule has 0 spiro atoms. The Balaban J connectivity index is 1.42. The molecule has 2 fully saturated rings. The number of rotatable bonds is 5. The quantitative estimate of drug-likeness (QED) is 0.761. The fourth-order valence-corrected chi connectivity index (χ4v) is 4.22. The summed E-state index contributed by atoms with van der Waals surface area (Å²) in [6.45, 7) is 0. The fourth-order valence-electron chi connectivity index (χ4n) is 4.22. The first kappa shape index (κ1) is 17.3. The van der Waals surface area contributed by atoms with Crippen LogP contribution in [0, 0.1) is 0 Å². The first-order valence-corrected chi connectivity index (χ1v) is 9.83. The highest BCUT2D eigenvalue weighted by Crippen LogP contribution is 2.34. The van der Waals surface area contributed by atoms with E-state index in [4.69, 9.17) is 5.73 Å². The molecule has 0 unspecified atom stereocenters. The van der Waals surface area contributed by atoms with E-state index >= 15 is 0 Å². The average Bonchev–Trinajstić information content (AvgIpc) is 3.34. The third kappa shape index (κ3) is 3.82. The van der Waals surface area contributed by atoms with Crippen LogP contribution in [0.1, 0.15) is 63.0 Å². The standard InChI is InChI=1S/C19H29N7/c1-26(15-8-6-14(20)7-9-15)19-21-11-10-17(23-19)22-18-12-16(24-25-18)13-4-2-3-5-13/h10-15H,2-9,20H2,1H3,(H2,21,22,23,24,25)/t14-,15-. The lowest BCUT2D eigenvalue weighted by Crippen LogP contribution is -2.39. The smallest absolute Gasteiger partial charge is 0.227 e. The normalized spacial score (nSPS) is 23.9. The number of hydrogen-bond acceptors (Lipinski definition) is 6. The number of aromatic nitrogens is 4. The number of hydrogen-bond donors (Lipinski definition) is 3. The van der Waals surface area contributed by atoms with Gasteiger partial charge in [-0.2, -0.15) is 10.1 Å². The monoisotopic (exact) mass is 355 g/mol. The van der Waals surface area contributed by atoms with Crippen molar-refractivity contribution in [2.75, 3.05) is 17.3 Å². The van der Waals surface area contributed by atoms with Crippen molar-refractivity contribution in [1.29, 1.82) is 0 Å². The number of nitrogens with two attached hydrogens (primary N) is 1. The maximum absolute atomic E-state index is 6.02. The Bertz CT molecular complexity index is 714. The molecule has 0 aromatic carbocycles. The molecule has 0 amide bonds. The summed E-state index contributed by atoms with van der Waals surface area (Å²) in [5, 5.41) is 10.9. The van der Waals surface area contributed by atoms with Gasteiger partial charge in [0.2, 0.25) is 5.95 Å². The average molecular weight is 355 g/mol. The summed E-state index contributed by atoms with van der Waals surface area (Å²) in [4.78, 5) is 11.3. The van der Waals surface area contributed by atoms with Crippen molar-refractivity contribution in [2.24, 2.45) is 5.73 Å². The molecule has 2 heterocycles. The third-order valence-corrected chi connectivity index (χ3v) is 5.90. The van der Waals surface area contributed by atoms with Crippen molar-refractivity contribution >= 4 is 17.6 Å². The lowest BCUT2D eigenvalue weighted by atomic mass is 9.91. The van der Waals surface area contributed by atoms with Gasteiger partial charge in [-0.05, 0) is 44.6 Å². The number of nitrogens with one attached hydrogen (secondary N) is 2. The number of anilines is 3. The van der Waals surface area contributed by atoms with Crippen LogP contribution in [-0.4, -0.2) is 39.3 Å². The summed E-state index contributed by atoms with van der Waals surface area (Å²) in [6.07, 6.45) is 11.3. The van der Waals surface area contributed by atoms with Crippen LogP contribution in [0.25, 0.3) is 0 Å². The van der Waals surface area contributed by atoms with Crippen LogP contribution in [0.15, 0.2) is 18.3 Å². The van der Waals surface area contributed by atoms with Crippen LogP contribution in [0.3, 0.4) is 0 Å². The zero-order chi connectivity index (χ0) is 17.9. The fraction of sp³-hybridized carbons (Fsp3) is 0.632. The van der Waals surface area contributed by atoms with E-state index in [1.807, 2.05) is 6.07 Å². The highest BCUT2D eigenvalue weighted by Gasteiger charge is 2.24. The molecule has 4 rings (SSSR count). The number of aromatic amines is 1. The molecule has 140 valence electrons. The zero-order valence-electron chi connectivity index (χ0n) is 15.5. The lowest BCUT2D eigenvalue weighted by Gasteiger charge is -2.33. The molecule has 0 bridgehead atoms. The summed E-state index contributed by atoms with van der Waals surface area (Å²) in [7, 11) is 2.08. The van der Waals surface area contributed by atoms with Gasteiger partial charge in [-0.15, -0.1) is 0 Å². The molecule has 2 aliphatic carbocycles. The molecule has 0 radical (unpaired) electrons. The Morgan fingerprint density at radius 1 is 1.12 bits per heavy atom. The van der Waals surface area contributed by atoms with E-state index in [0.29, 0.717) is 18.0 Å². The van der Waals surface area contributed by atoms with Crippen LogP contribution >= 0.6 is 0 Å². The predicted octanol–water partition coefficient (Wildman–Crippen LogP) is 3.31. The van der Waals surface area contributed by atoms with Crippen LogP contribution in [0.4, 0.5) is 17.6 Å². The van der Waals surface area contributed by atoms with Gasteiger partial charge >= 0.3 is 0 Å². The van der Waals surface area contributed by atoms with Crippen LogP contribution in [0.5, 0.6) is 0 Å². The zero-order valence-corrected chi connectivity index (χ0v) is 15.5. The van der Waals surface area contributed by atoms with E-state index in [1.165, 1.54) is 31.4 Å². The molecule has 0 saturated heterocycles. The van der Waals surface area contributed by atoms with Gasteiger partial charge in [-0.1, -0.05) is 12.8 Å². The molecule has 0 aliphatic heterocycles. The van der Waals surface area contributed by atoms with Gasteiger partial charge in [0.05, 0.1) is 0 Å². The molecule has 2 aromatic rings. The molecule has 7 heteroatoms. The maximum atomic E-state index is 6.02. The van der Waals surface area contributed by atoms with Gasteiger partial charge in [0.1, 0.15) is 5.82 Å². The molecular weight excluding hydrogens is 326 g/mol. The van der Waals surface area contributed by atoms with Crippen molar-refractivity contribution in [2.45, 2.75) is 69.4 Å². The van der Waals surface area contributed by atoms with Crippen LogP contribution < -0.4 is 16.0 Å². The van der Waals surface area contributed by atoms with Crippen molar-refractivity contribution in [3.8, 4) is 0 Å². The lowest BCUT2D eigenvalue weighted by molar-refractivity contribution is 0.382. The molecule has 4 N–H and O–H groups in total. The van der Waals surface area contributed by atoms with Gasteiger partial charge in [0, 0.05) is 43.0 Å². The van der Waals surface area contributed by atoms with E-state index in [9.17, 15) is 0 Å². The third-order valence-electron chi connectivity index (χ3n) is 5.90. The van der Waals surface area contributed by atoms with Crippen molar-refractivity contribution in [3.63, 3.8) is 0 Å². The predicted molar refractivity (Wildman–Crippen MR) is 104 cm³/mol. The summed E-state index contributed by atoms with van der Waals surface area (Å²) in [5.41, 5.74) is 7.25. The topological polar surface area (TPSA) is 95.8 Å². The minimum atomic E-state index is 0.349. The van der Waals surface area contributed by atoms with E-state index in [-0.39, 0.29) is 0 Å². The molecule has 7 nitrogen and oxygen atoms in total. The Morgan fingerprint density at radius 3 is 2.65 bits per heavy atom. The highest BCUT2D eigenvalue weighted by molar-refractivity contribution is 5.53. The molecule has 2 aromatic heterocycles. The maximum Gasteiger partial charge on any atom is 0.227 e. The van der Waals surface area contributed by atoms with Crippen molar-refractivity contribution in [3.05, 3.63) is 24.0 Å². The van der Waals surface area contributed by atoms with Gasteiger partial charge in [0.25, 0.3) is 0 Å². The van der Waals surface area contributed by atoms with Gasteiger partial charge in [-0.3, -0.25) is 5.10 Å². The SMILES string of the molecule is CN(c1nccc(Nc2cc(C3CCCC3)[nH]n2)n1)[C@H]1CC[C@H](N)CC1. The van der Waals surface area contributed by atoms with Gasteiger partial charge in [-0.25, -0.2) is 4.98 Å². The van der Waals surface area contributed by atoms with E-state index < -0.39 is 0 Å². The van der Waals surface area contributed by atoms with Crippen LogP contribution in [-0.2, 0) is 0 Å². The van der Waals surface area contributed by atoms with Gasteiger partial charge < -0.3 is 16.0 Å². The van der Waals surface area contributed by atoms with Crippen molar-refractivity contribution in [1.82, 2.24) is 20.2 Å². The number of nitrogens with zero attached hydrogens (tertiary/aromatic N) is 4. The largest absolute Gasteiger partial charge is 0.341 e. The molecule has 26 heavy (non-hydrogen) atoms. The van der Waals surface area contributed by atoms with E-state index in [1.54, 1.807) is 6.20 Å². The van der Waals surface area contributed by atoms with E-state index in [0.717, 1.165) is 43.3 Å². The second kappa shape index (κ2) is 7.61. The molecule has 0 atom stereocenters. The minimum Gasteiger partial charge on any atom is -0.341 e.